The van der Waals surface area contributed by atoms with Crippen molar-refractivity contribution in [3.63, 3.8) is 0 Å². The van der Waals surface area contributed by atoms with E-state index in [0.717, 1.165) is 21.7 Å². The molecule has 10 heteroatoms. The fourth-order valence-electron chi connectivity index (χ4n) is 3.47. The molecule has 186 valence electrons. The molecule has 2 rings (SSSR count). The first-order valence-corrected chi connectivity index (χ1v) is 12.7. The molecule has 0 aliphatic carbocycles. The molecule has 0 heterocycles. The highest BCUT2D eigenvalue weighted by Gasteiger charge is 2.30. The van der Waals surface area contributed by atoms with Gasteiger partial charge in [0, 0.05) is 19.2 Å². The van der Waals surface area contributed by atoms with Gasteiger partial charge in [-0.3, -0.25) is 13.9 Å². The molecule has 2 aromatic rings. The lowest BCUT2D eigenvalue weighted by Gasteiger charge is -2.32. The van der Waals surface area contributed by atoms with E-state index in [1.165, 1.54) is 31.3 Å². The number of sulfonamides is 1. The van der Waals surface area contributed by atoms with E-state index in [-0.39, 0.29) is 18.1 Å². The van der Waals surface area contributed by atoms with E-state index in [2.05, 4.69) is 5.32 Å². The number of benzene rings is 2. The van der Waals surface area contributed by atoms with Crippen LogP contribution in [0.25, 0.3) is 0 Å². The molecule has 0 aromatic heterocycles. The van der Waals surface area contributed by atoms with Gasteiger partial charge in [-0.15, -0.1) is 0 Å². The maximum Gasteiger partial charge on any atom is 0.244 e. The zero-order chi connectivity index (χ0) is 25.5. The van der Waals surface area contributed by atoms with Gasteiger partial charge >= 0.3 is 0 Å². The minimum Gasteiger partial charge on any atom is -0.493 e. The predicted octanol–water partition coefficient (Wildman–Crippen LogP) is 2.33. The van der Waals surface area contributed by atoms with Crippen LogP contribution >= 0.6 is 0 Å². The zero-order valence-corrected chi connectivity index (χ0v) is 21.3. The van der Waals surface area contributed by atoms with Gasteiger partial charge in [-0.1, -0.05) is 24.3 Å². The number of aryl methyl sites for hydroxylation is 1. The number of methoxy groups -OCH3 is 2. The van der Waals surface area contributed by atoms with Crippen LogP contribution in [-0.4, -0.2) is 64.7 Å². The molecule has 0 spiro atoms. The van der Waals surface area contributed by atoms with Crippen LogP contribution in [0.2, 0.25) is 0 Å². The molecular weight excluding hydrogens is 458 g/mol. The number of hydrogen-bond acceptors (Lipinski definition) is 6. The van der Waals surface area contributed by atoms with Crippen LogP contribution in [0.3, 0.4) is 0 Å². The van der Waals surface area contributed by atoms with Gasteiger partial charge in [-0.25, -0.2) is 8.42 Å². The van der Waals surface area contributed by atoms with Crippen molar-refractivity contribution in [3.05, 3.63) is 53.6 Å². The van der Waals surface area contributed by atoms with Gasteiger partial charge in [0.1, 0.15) is 12.6 Å². The van der Waals surface area contributed by atoms with E-state index in [1.54, 1.807) is 19.9 Å². The van der Waals surface area contributed by atoms with Gasteiger partial charge in [0.25, 0.3) is 0 Å². The van der Waals surface area contributed by atoms with Gasteiger partial charge in [0.15, 0.2) is 11.5 Å². The highest BCUT2D eigenvalue weighted by atomic mass is 32.2. The van der Waals surface area contributed by atoms with E-state index >= 15 is 0 Å². The molecule has 1 atom stereocenters. The highest BCUT2D eigenvalue weighted by molar-refractivity contribution is 7.92. The summed E-state index contributed by atoms with van der Waals surface area (Å²) < 4.78 is 36.8. The monoisotopic (exact) mass is 491 g/mol. The number of likely N-dealkylation sites (N-methyl/N-ethyl adjacent to an activating group) is 1. The van der Waals surface area contributed by atoms with Crippen LogP contribution < -0.4 is 19.1 Å². The Kier molecular flexibility index (Phi) is 9.31. The van der Waals surface area contributed by atoms with Crippen molar-refractivity contribution >= 4 is 27.5 Å². The summed E-state index contributed by atoms with van der Waals surface area (Å²) in [6.07, 6.45) is 1.02. The maximum absolute atomic E-state index is 13.5. The fraction of sp³-hybridized carbons (Fsp3) is 0.417. The third-order valence-electron chi connectivity index (χ3n) is 5.45. The molecule has 1 unspecified atom stereocenters. The van der Waals surface area contributed by atoms with Crippen LogP contribution in [0, 0.1) is 6.92 Å². The van der Waals surface area contributed by atoms with E-state index in [1.807, 2.05) is 31.2 Å². The summed E-state index contributed by atoms with van der Waals surface area (Å²) in [4.78, 5) is 27.5. The number of hydrogen-bond donors (Lipinski definition) is 1. The molecule has 0 saturated heterocycles. The Labute approximate surface area is 201 Å². The van der Waals surface area contributed by atoms with E-state index in [9.17, 15) is 18.0 Å². The Hall–Kier alpha value is -3.27. The second-order valence-corrected chi connectivity index (χ2v) is 9.73. The number of carbonyl (C=O) groups is 2. The molecule has 0 fully saturated rings. The van der Waals surface area contributed by atoms with Crippen molar-refractivity contribution in [2.75, 3.05) is 37.9 Å². The normalized spacial score (nSPS) is 11.9. The molecular formula is C24H33N3O6S. The Morgan fingerprint density at radius 1 is 1.06 bits per heavy atom. The Morgan fingerprint density at radius 3 is 2.26 bits per heavy atom. The SMILES string of the molecule is CCNC(=O)C(C)N(Cc1ccccc1C)C(=O)CN(c1ccc(OC)c(OC)c1)S(C)(=O)=O. The van der Waals surface area contributed by atoms with Gasteiger partial charge in [0.05, 0.1) is 26.2 Å². The molecule has 0 aliphatic heterocycles. The zero-order valence-electron chi connectivity index (χ0n) is 20.5. The van der Waals surface area contributed by atoms with Crippen LogP contribution in [0.15, 0.2) is 42.5 Å². The molecule has 0 saturated carbocycles. The maximum atomic E-state index is 13.5. The lowest BCUT2D eigenvalue weighted by Crippen LogP contribution is -2.51. The van der Waals surface area contributed by atoms with E-state index < -0.39 is 28.5 Å². The van der Waals surface area contributed by atoms with Gasteiger partial charge in [-0.05, 0) is 44.0 Å². The molecule has 34 heavy (non-hydrogen) atoms. The number of nitrogens with one attached hydrogen (secondary N) is 1. The lowest BCUT2D eigenvalue weighted by molar-refractivity contribution is -0.139. The topological polar surface area (TPSA) is 105 Å². The first kappa shape index (κ1) is 27.0. The van der Waals surface area contributed by atoms with Crippen LogP contribution in [0.5, 0.6) is 11.5 Å². The Morgan fingerprint density at radius 2 is 1.71 bits per heavy atom. The molecule has 1 N–H and O–H groups in total. The molecule has 9 nitrogen and oxygen atoms in total. The van der Waals surface area contributed by atoms with Crippen LogP contribution in [0.4, 0.5) is 5.69 Å². The lowest BCUT2D eigenvalue weighted by atomic mass is 10.1. The largest absolute Gasteiger partial charge is 0.493 e. The smallest absolute Gasteiger partial charge is 0.244 e. The number of carbonyl (C=O) groups excluding carboxylic acids is 2. The highest BCUT2D eigenvalue weighted by Crippen LogP contribution is 2.32. The average Bonchev–Trinajstić information content (AvgIpc) is 2.80. The summed E-state index contributed by atoms with van der Waals surface area (Å²) in [5.41, 5.74) is 2.07. The average molecular weight is 492 g/mol. The van der Waals surface area contributed by atoms with Gasteiger partial charge in [-0.2, -0.15) is 0 Å². The molecule has 0 radical (unpaired) electrons. The Bertz CT molecular complexity index is 1120. The summed E-state index contributed by atoms with van der Waals surface area (Å²) in [6, 6.07) is 11.3. The minimum absolute atomic E-state index is 0.160. The third kappa shape index (κ3) is 6.63. The summed E-state index contributed by atoms with van der Waals surface area (Å²) in [7, 11) is -0.926. The minimum atomic E-state index is -3.84. The van der Waals surface area contributed by atoms with Gasteiger partial charge in [0.2, 0.25) is 21.8 Å². The summed E-state index contributed by atoms with van der Waals surface area (Å²) in [6.45, 7) is 5.43. The number of anilines is 1. The van der Waals surface area contributed by atoms with Gasteiger partial charge < -0.3 is 19.7 Å². The molecule has 0 aliphatic rings. The van der Waals surface area contributed by atoms with Crippen molar-refractivity contribution < 1.29 is 27.5 Å². The number of ether oxygens (including phenoxy) is 2. The van der Waals surface area contributed by atoms with Crippen molar-refractivity contribution in [1.29, 1.82) is 0 Å². The number of nitrogens with zero attached hydrogens (tertiary/aromatic N) is 2. The summed E-state index contributed by atoms with van der Waals surface area (Å²) >= 11 is 0. The number of amides is 2. The first-order valence-electron chi connectivity index (χ1n) is 10.8. The molecule has 0 bridgehead atoms. The van der Waals surface area contributed by atoms with Crippen LogP contribution in [-0.2, 0) is 26.2 Å². The third-order valence-corrected chi connectivity index (χ3v) is 6.60. The van der Waals surface area contributed by atoms with Crippen molar-refractivity contribution in [2.45, 2.75) is 33.4 Å². The second-order valence-electron chi connectivity index (χ2n) is 7.83. The Balaban J connectivity index is 2.45. The van der Waals surface area contributed by atoms with Crippen molar-refractivity contribution in [1.82, 2.24) is 10.2 Å². The predicted molar refractivity (Wildman–Crippen MR) is 132 cm³/mol. The van der Waals surface area contributed by atoms with Crippen molar-refractivity contribution in [2.24, 2.45) is 0 Å². The van der Waals surface area contributed by atoms with E-state index in [4.69, 9.17) is 9.47 Å². The summed E-state index contributed by atoms with van der Waals surface area (Å²) in [5, 5.41) is 2.73. The molecule has 2 aromatic carbocycles. The fourth-order valence-corrected chi connectivity index (χ4v) is 4.31. The standard InChI is InChI=1S/C24H33N3O6S/c1-7-25-24(29)18(3)26(15-19-11-9-8-10-17(19)2)23(28)16-27(34(6,30)31)20-12-13-21(32-4)22(14-20)33-5/h8-14,18H,7,15-16H2,1-6H3,(H,25,29). The molecule has 2 amide bonds. The first-order chi connectivity index (χ1) is 16.0. The summed E-state index contributed by atoms with van der Waals surface area (Å²) in [5.74, 6) is -0.0747. The quantitative estimate of drug-likeness (QED) is 0.517. The van der Waals surface area contributed by atoms with E-state index in [0.29, 0.717) is 18.0 Å². The van der Waals surface area contributed by atoms with Crippen LogP contribution in [0.1, 0.15) is 25.0 Å². The number of rotatable bonds is 11. The second kappa shape index (κ2) is 11.7. The van der Waals surface area contributed by atoms with Crippen molar-refractivity contribution in [3.8, 4) is 11.5 Å².